The second kappa shape index (κ2) is 8.49. The maximum absolute atomic E-state index is 13.5. The van der Waals surface area contributed by atoms with Gasteiger partial charge < -0.3 is 14.8 Å². The first-order valence-electron chi connectivity index (χ1n) is 10.4. The molecule has 0 spiro atoms. The van der Waals surface area contributed by atoms with E-state index in [4.69, 9.17) is 9.47 Å². The van der Waals surface area contributed by atoms with Crippen molar-refractivity contribution < 1.29 is 14.3 Å². The topological polar surface area (TPSA) is 91.2 Å². The second-order valence-electron chi connectivity index (χ2n) is 8.15. The van der Waals surface area contributed by atoms with Gasteiger partial charge in [-0.2, -0.15) is 0 Å². The third-order valence-electron chi connectivity index (χ3n) is 6.63. The molecule has 156 valence electrons. The minimum Gasteiger partial charge on any atom is -0.497 e. The van der Waals surface area contributed by atoms with Gasteiger partial charge in [-0.1, -0.05) is 31.4 Å². The zero-order chi connectivity index (χ0) is 20.2. The number of aromatic nitrogens is 4. The van der Waals surface area contributed by atoms with Crippen LogP contribution in [-0.4, -0.2) is 53.0 Å². The summed E-state index contributed by atoms with van der Waals surface area (Å²) in [5.74, 6) is 0.851. The second-order valence-corrected chi connectivity index (χ2v) is 8.15. The van der Waals surface area contributed by atoms with Crippen molar-refractivity contribution in [1.29, 1.82) is 0 Å². The Labute approximate surface area is 171 Å². The van der Waals surface area contributed by atoms with E-state index in [1.54, 1.807) is 18.1 Å². The molecule has 1 aliphatic carbocycles. The summed E-state index contributed by atoms with van der Waals surface area (Å²) in [7, 11) is 1.67. The van der Waals surface area contributed by atoms with Gasteiger partial charge in [-0.15, -0.1) is 5.10 Å². The van der Waals surface area contributed by atoms with E-state index >= 15 is 0 Å². The van der Waals surface area contributed by atoms with Crippen LogP contribution >= 0.6 is 0 Å². The summed E-state index contributed by atoms with van der Waals surface area (Å²) in [5, 5.41) is 14.9. The molecule has 1 saturated carbocycles. The number of rotatable bonds is 6. The quantitative estimate of drug-likeness (QED) is 0.801. The monoisotopic (exact) mass is 399 g/mol. The maximum atomic E-state index is 13.5. The van der Waals surface area contributed by atoms with Crippen molar-refractivity contribution in [1.82, 2.24) is 25.5 Å². The fourth-order valence-corrected chi connectivity index (χ4v) is 4.74. The molecule has 1 aromatic carbocycles. The Morgan fingerprint density at radius 2 is 1.86 bits per heavy atom. The lowest BCUT2D eigenvalue weighted by molar-refractivity contribution is -0.133. The van der Waals surface area contributed by atoms with Crippen LogP contribution < -0.4 is 10.1 Å². The highest BCUT2D eigenvalue weighted by Crippen LogP contribution is 2.37. The number of benzene rings is 1. The summed E-state index contributed by atoms with van der Waals surface area (Å²) in [6.07, 6.45) is 8.00. The fraction of sp³-hybridized carbons (Fsp3) is 0.619. The van der Waals surface area contributed by atoms with Crippen LogP contribution in [0.4, 0.5) is 0 Å². The van der Waals surface area contributed by atoms with Crippen LogP contribution in [0.3, 0.4) is 0 Å². The Morgan fingerprint density at radius 3 is 2.48 bits per heavy atom. The van der Waals surface area contributed by atoms with Crippen LogP contribution in [0, 0.1) is 0 Å². The molecule has 1 amide bonds. The molecule has 29 heavy (non-hydrogen) atoms. The molecule has 0 radical (unpaired) electrons. The first-order valence-corrected chi connectivity index (χ1v) is 10.4. The summed E-state index contributed by atoms with van der Waals surface area (Å²) in [6, 6.07) is 8.18. The number of hydrogen-bond acceptors (Lipinski definition) is 6. The molecular weight excluding hydrogens is 370 g/mol. The van der Waals surface area contributed by atoms with Gasteiger partial charge in [-0.3, -0.25) is 4.79 Å². The van der Waals surface area contributed by atoms with Gasteiger partial charge in [0.15, 0.2) is 0 Å². The molecular formula is C21H29N5O3. The van der Waals surface area contributed by atoms with Crippen molar-refractivity contribution >= 4 is 5.91 Å². The van der Waals surface area contributed by atoms with E-state index in [1.807, 2.05) is 12.1 Å². The van der Waals surface area contributed by atoms with Crippen molar-refractivity contribution in [3.8, 4) is 5.75 Å². The lowest BCUT2D eigenvalue weighted by Gasteiger charge is -2.40. The van der Waals surface area contributed by atoms with Crippen LogP contribution in [0.15, 0.2) is 30.6 Å². The maximum Gasteiger partial charge on any atom is 0.248 e. The molecule has 8 nitrogen and oxygen atoms in total. The third kappa shape index (κ3) is 3.85. The lowest BCUT2D eigenvalue weighted by Crippen LogP contribution is -2.54. The summed E-state index contributed by atoms with van der Waals surface area (Å²) in [4.78, 5) is 13.5. The largest absolute Gasteiger partial charge is 0.497 e. The van der Waals surface area contributed by atoms with Gasteiger partial charge >= 0.3 is 0 Å². The normalized spacial score (nSPS) is 20.7. The average molecular weight is 399 g/mol. The highest BCUT2D eigenvalue weighted by molar-refractivity contribution is 5.84. The van der Waals surface area contributed by atoms with Crippen molar-refractivity contribution in [2.24, 2.45) is 0 Å². The molecule has 1 N–H and O–H groups in total. The standard InChI is InChI=1S/C21H29N5O3/c1-28-18-7-5-17(6-8-18)20(11-13-29-14-12-20)15-22-19(27)21(9-3-2-4-10-21)26-16-23-24-25-26/h5-8,16H,2-4,9-15H2,1H3,(H,22,27). The molecule has 2 aliphatic rings. The van der Waals surface area contributed by atoms with Gasteiger partial charge in [0, 0.05) is 25.2 Å². The lowest BCUT2D eigenvalue weighted by atomic mass is 9.73. The molecule has 8 heteroatoms. The molecule has 0 unspecified atom stereocenters. The van der Waals surface area contributed by atoms with E-state index in [1.165, 1.54) is 5.56 Å². The van der Waals surface area contributed by atoms with E-state index in [-0.39, 0.29) is 11.3 Å². The van der Waals surface area contributed by atoms with Gasteiger partial charge in [0.1, 0.15) is 17.6 Å². The number of ether oxygens (including phenoxy) is 2. The first-order chi connectivity index (χ1) is 14.2. The van der Waals surface area contributed by atoms with Crippen LogP contribution in [0.5, 0.6) is 5.75 Å². The number of carbonyl (C=O) groups excluding carboxylic acids is 1. The molecule has 2 heterocycles. The number of carbonyl (C=O) groups is 1. The van der Waals surface area contributed by atoms with Crippen LogP contribution in [0.1, 0.15) is 50.5 Å². The van der Waals surface area contributed by atoms with E-state index in [2.05, 4.69) is 33.0 Å². The van der Waals surface area contributed by atoms with E-state index < -0.39 is 5.54 Å². The minimum atomic E-state index is -0.686. The Kier molecular flexibility index (Phi) is 5.80. The van der Waals surface area contributed by atoms with E-state index in [0.717, 1.165) is 50.7 Å². The zero-order valence-corrected chi connectivity index (χ0v) is 17.0. The van der Waals surface area contributed by atoms with Crippen LogP contribution in [0.25, 0.3) is 0 Å². The number of amides is 1. The summed E-state index contributed by atoms with van der Waals surface area (Å²) in [6.45, 7) is 1.96. The SMILES string of the molecule is COc1ccc(C2(CNC(=O)C3(n4cnnn4)CCCCC3)CCOCC2)cc1. The molecule has 1 saturated heterocycles. The van der Waals surface area contributed by atoms with Gasteiger partial charge in [0.2, 0.25) is 5.91 Å². The minimum absolute atomic E-state index is 0.0175. The van der Waals surface area contributed by atoms with Crippen molar-refractivity contribution in [3.05, 3.63) is 36.2 Å². The number of nitrogens with zero attached hydrogens (tertiary/aromatic N) is 4. The molecule has 1 aliphatic heterocycles. The highest BCUT2D eigenvalue weighted by Gasteiger charge is 2.44. The van der Waals surface area contributed by atoms with E-state index in [0.29, 0.717) is 19.8 Å². The first kappa shape index (κ1) is 19.8. The smallest absolute Gasteiger partial charge is 0.248 e. The number of nitrogens with one attached hydrogen (secondary N) is 1. The van der Waals surface area contributed by atoms with Gasteiger partial charge in [-0.25, -0.2) is 4.68 Å². The molecule has 4 rings (SSSR count). The summed E-state index contributed by atoms with van der Waals surface area (Å²) in [5.41, 5.74) is 0.381. The molecule has 0 atom stereocenters. The highest BCUT2D eigenvalue weighted by atomic mass is 16.5. The Morgan fingerprint density at radius 1 is 1.14 bits per heavy atom. The molecule has 2 fully saturated rings. The Hall–Kier alpha value is -2.48. The summed E-state index contributed by atoms with van der Waals surface area (Å²) < 4.78 is 12.6. The molecule has 1 aromatic heterocycles. The van der Waals surface area contributed by atoms with Crippen molar-refractivity contribution in [2.45, 2.75) is 55.9 Å². The number of tetrazole rings is 1. The molecule has 0 bridgehead atoms. The average Bonchev–Trinajstić information content (AvgIpc) is 3.34. The Bertz CT molecular complexity index is 794. The van der Waals surface area contributed by atoms with Crippen LogP contribution in [0.2, 0.25) is 0 Å². The predicted molar refractivity (Wildman–Crippen MR) is 107 cm³/mol. The van der Waals surface area contributed by atoms with Gasteiger partial charge in [0.05, 0.1) is 7.11 Å². The predicted octanol–water partition coefficient (Wildman–Crippen LogP) is 2.21. The summed E-state index contributed by atoms with van der Waals surface area (Å²) >= 11 is 0. The number of methoxy groups -OCH3 is 1. The van der Waals surface area contributed by atoms with Crippen molar-refractivity contribution in [2.75, 3.05) is 26.9 Å². The number of hydrogen-bond donors (Lipinski definition) is 1. The third-order valence-corrected chi connectivity index (χ3v) is 6.63. The van der Waals surface area contributed by atoms with Gasteiger partial charge in [-0.05, 0) is 53.8 Å². The Balaban J connectivity index is 1.55. The van der Waals surface area contributed by atoms with Gasteiger partial charge in [0.25, 0.3) is 0 Å². The fourth-order valence-electron chi connectivity index (χ4n) is 4.74. The zero-order valence-electron chi connectivity index (χ0n) is 17.0. The molecule has 2 aromatic rings. The van der Waals surface area contributed by atoms with E-state index in [9.17, 15) is 4.79 Å². The van der Waals surface area contributed by atoms with Crippen molar-refractivity contribution in [3.63, 3.8) is 0 Å². The van der Waals surface area contributed by atoms with Crippen LogP contribution in [-0.2, 0) is 20.5 Å².